The molecule has 3 nitrogen and oxygen atoms in total. The molecule has 1 saturated carbocycles. The summed E-state index contributed by atoms with van der Waals surface area (Å²) in [4.78, 5) is 0. The van der Waals surface area contributed by atoms with E-state index in [0.717, 1.165) is 29.7 Å². The smallest absolute Gasteiger partial charge is 0.194 e. The predicted molar refractivity (Wildman–Crippen MR) is 65.1 cm³/mol. The molecule has 1 heterocycles. The van der Waals surface area contributed by atoms with Gasteiger partial charge in [0.15, 0.2) is 22.6 Å². The summed E-state index contributed by atoms with van der Waals surface area (Å²) in [5, 5.41) is 13.2. The minimum absolute atomic E-state index is 0.0280. The number of hydrogen-bond donors (Lipinski definition) is 0. The van der Waals surface area contributed by atoms with E-state index in [-0.39, 0.29) is 22.3 Å². The molecule has 1 aromatic heterocycles. The summed E-state index contributed by atoms with van der Waals surface area (Å²) in [7, 11) is 0. The first-order valence-electron chi connectivity index (χ1n) is 5.86. The van der Waals surface area contributed by atoms with Gasteiger partial charge in [-0.2, -0.15) is 10.4 Å². The summed E-state index contributed by atoms with van der Waals surface area (Å²) in [6.07, 6.45) is 1.79. The molecule has 20 heavy (non-hydrogen) atoms. The van der Waals surface area contributed by atoms with Crippen LogP contribution in [-0.2, 0) is 0 Å². The van der Waals surface area contributed by atoms with E-state index in [2.05, 4.69) is 5.10 Å². The normalized spacial score (nSPS) is 14.3. The van der Waals surface area contributed by atoms with Gasteiger partial charge in [-0.1, -0.05) is 11.6 Å². The van der Waals surface area contributed by atoms with Crippen LogP contribution in [0.5, 0.6) is 0 Å². The topological polar surface area (TPSA) is 41.6 Å². The number of benzene rings is 1. The zero-order valence-electron chi connectivity index (χ0n) is 10.00. The van der Waals surface area contributed by atoms with E-state index >= 15 is 0 Å². The van der Waals surface area contributed by atoms with E-state index in [1.807, 2.05) is 6.07 Å². The summed E-state index contributed by atoms with van der Waals surface area (Å²) in [5.74, 6) is -4.07. The standard InChI is InChI=1S/C13H7ClF3N3/c14-13-8(5-18)12(6-1-2-6)19-20(13)7-3-9(15)11(17)10(16)4-7/h3-4,6H,1-2H2. The lowest BCUT2D eigenvalue weighted by Gasteiger charge is -2.04. The second kappa shape index (κ2) is 4.53. The van der Waals surface area contributed by atoms with Crippen LogP contribution < -0.4 is 0 Å². The van der Waals surface area contributed by atoms with Crippen molar-refractivity contribution >= 4 is 11.6 Å². The molecule has 1 aromatic carbocycles. The molecule has 0 atom stereocenters. The van der Waals surface area contributed by atoms with E-state index in [0.29, 0.717) is 5.69 Å². The molecule has 0 saturated heterocycles. The largest absolute Gasteiger partial charge is 0.220 e. The quantitative estimate of drug-likeness (QED) is 0.793. The molecule has 0 unspecified atom stereocenters. The Kier molecular flexibility index (Phi) is 2.94. The van der Waals surface area contributed by atoms with Crippen molar-refractivity contribution < 1.29 is 13.2 Å². The Morgan fingerprint density at radius 1 is 1.25 bits per heavy atom. The third-order valence-corrected chi connectivity index (χ3v) is 3.49. The van der Waals surface area contributed by atoms with Gasteiger partial charge in [-0.05, 0) is 12.8 Å². The van der Waals surface area contributed by atoms with Crippen molar-refractivity contribution in [3.05, 3.63) is 46.0 Å². The van der Waals surface area contributed by atoms with Crippen molar-refractivity contribution in [2.45, 2.75) is 18.8 Å². The van der Waals surface area contributed by atoms with Gasteiger partial charge in [-0.3, -0.25) is 0 Å². The maximum absolute atomic E-state index is 13.3. The molecule has 7 heteroatoms. The van der Waals surface area contributed by atoms with Crippen LogP contribution >= 0.6 is 11.6 Å². The Morgan fingerprint density at radius 2 is 1.85 bits per heavy atom. The Hall–Kier alpha value is -2.00. The molecule has 2 aromatic rings. The summed E-state index contributed by atoms with van der Waals surface area (Å²) in [5.41, 5.74) is 0.650. The fourth-order valence-electron chi connectivity index (χ4n) is 1.99. The molecule has 1 fully saturated rings. The zero-order chi connectivity index (χ0) is 14.4. The highest BCUT2D eigenvalue weighted by molar-refractivity contribution is 6.31. The van der Waals surface area contributed by atoms with Crippen LogP contribution in [0.4, 0.5) is 13.2 Å². The van der Waals surface area contributed by atoms with Crippen molar-refractivity contribution in [2.75, 3.05) is 0 Å². The average Bonchev–Trinajstić information content (AvgIpc) is 3.19. The minimum atomic E-state index is -1.56. The van der Waals surface area contributed by atoms with Crippen LogP contribution in [0.2, 0.25) is 5.15 Å². The van der Waals surface area contributed by atoms with Crippen LogP contribution in [0, 0.1) is 28.8 Å². The lowest BCUT2D eigenvalue weighted by atomic mass is 10.2. The van der Waals surface area contributed by atoms with Gasteiger partial charge in [0.2, 0.25) is 0 Å². The number of nitriles is 1. The van der Waals surface area contributed by atoms with E-state index < -0.39 is 17.5 Å². The molecule has 1 aliphatic rings. The summed E-state index contributed by atoms with van der Waals surface area (Å²) < 4.78 is 40.5. The molecule has 0 radical (unpaired) electrons. The molecule has 0 N–H and O–H groups in total. The Balaban J connectivity index is 2.18. The van der Waals surface area contributed by atoms with Gasteiger partial charge in [-0.15, -0.1) is 0 Å². The fraction of sp³-hybridized carbons (Fsp3) is 0.231. The number of rotatable bonds is 2. The van der Waals surface area contributed by atoms with E-state index in [4.69, 9.17) is 16.9 Å². The van der Waals surface area contributed by atoms with Gasteiger partial charge in [0, 0.05) is 18.1 Å². The third kappa shape index (κ3) is 1.95. The molecule has 0 spiro atoms. The molecule has 0 bridgehead atoms. The molecular weight excluding hydrogens is 291 g/mol. The highest BCUT2D eigenvalue weighted by Crippen LogP contribution is 2.42. The predicted octanol–water partition coefficient (Wildman–Crippen LogP) is 3.69. The van der Waals surface area contributed by atoms with Crippen molar-refractivity contribution in [3.8, 4) is 11.8 Å². The highest BCUT2D eigenvalue weighted by atomic mass is 35.5. The first-order valence-corrected chi connectivity index (χ1v) is 6.24. The van der Waals surface area contributed by atoms with Crippen LogP contribution in [0.25, 0.3) is 5.69 Å². The molecule has 102 valence electrons. The number of nitrogens with zero attached hydrogens (tertiary/aromatic N) is 3. The maximum Gasteiger partial charge on any atom is 0.194 e. The van der Waals surface area contributed by atoms with Crippen molar-refractivity contribution in [1.82, 2.24) is 9.78 Å². The Morgan fingerprint density at radius 3 is 2.35 bits per heavy atom. The first kappa shape index (κ1) is 13.0. The highest BCUT2D eigenvalue weighted by Gasteiger charge is 2.32. The van der Waals surface area contributed by atoms with Gasteiger partial charge in [0.1, 0.15) is 11.6 Å². The lowest BCUT2D eigenvalue weighted by molar-refractivity contribution is 0.446. The van der Waals surface area contributed by atoms with Crippen LogP contribution in [0.3, 0.4) is 0 Å². The molecule has 0 amide bonds. The van der Waals surface area contributed by atoms with Gasteiger partial charge < -0.3 is 0 Å². The summed E-state index contributed by atoms with van der Waals surface area (Å²) >= 11 is 6.02. The average molecular weight is 298 g/mol. The van der Waals surface area contributed by atoms with Crippen LogP contribution in [0.1, 0.15) is 30.0 Å². The molecular formula is C13H7ClF3N3. The van der Waals surface area contributed by atoms with Crippen molar-refractivity contribution in [1.29, 1.82) is 5.26 Å². The van der Waals surface area contributed by atoms with Crippen molar-refractivity contribution in [2.24, 2.45) is 0 Å². The monoisotopic (exact) mass is 297 g/mol. The van der Waals surface area contributed by atoms with Gasteiger partial charge in [0.05, 0.1) is 11.4 Å². The molecule has 0 aliphatic heterocycles. The van der Waals surface area contributed by atoms with Gasteiger partial charge in [0.25, 0.3) is 0 Å². The Bertz CT molecular complexity index is 721. The third-order valence-electron chi connectivity index (χ3n) is 3.15. The number of aromatic nitrogens is 2. The second-order valence-corrected chi connectivity index (χ2v) is 4.93. The zero-order valence-corrected chi connectivity index (χ0v) is 10.8. The summed E-state index contributed by atoms with van der Waals surface area (Å²) in [6.45, 7) is 0. The maximum atomic E-state index is 13.3. The van der Waals surface area contributed by atoms with Crippen LogP contribution in [0.15, 0.2) is 12.1 Å². The SMILES string of the molecule is N#Cc1c(C2CC2)nn(-c2cc(F)c(F)c(F)c2)c1Cl. The first-order chi connectivity index (χ1) is 9.52. The van der Waals surface area contributed by atoms with Crippen LogP contribution in [-0.4, -0.2) is 9.78 Å². The second-order valence-electron chi connectivity index (χ2n) is 4.57. The Labute approximate surface area is 117 Å². The summed E-state index contributed by atoms with van der Waals surface area (Å²) in [6, 6.07) is 3.51. The number of halogens is 4. The fourth-order valence-corrected chi connectivity index (χ4v) is 2.27. The van der Waals surface area contributed by atoms with E-state index in [1.165, 1.54) is 0 Å². The van der Waals surface area contributed by atoms with Gasteiger partial charge in [-0.25, -0.2) is 17.9 Å². The van der Waals surface area contributed by atoms with Crippen molar-refractivity contribution in [3.63, 3.8) is 0 Å². The van der Waals surface area contributed by atoms with E-state index in [9.17, 15) is 13.2 Å². The lowest BCUT2D eigenvalue weighted by Crippen LogP contribution is -2.01. The van der Waals surface area contributed by atoms with E-state index in [1.54, 1.807) is 0 Å². The minimum Gasteiger partial charge on any atom is -0.220 e. The molecule has 1 aliphatic carbocycles. The van der Waals surface area contributed by atoms with Gasteiger partial charge >= 0.3 is 0 Å². The number of hydrogen-bond acceptors (Lipinski definition) is 2. The molecule has 3 rings (SSSR count).